The fraction of sp³-hybridized carbons (Fsp3) is 0.267. The molecule has 22 heavy (non-hydrogen) atoms. The Morgan fingerprint density at radius 1 is 1.36 bits per heavy atom. The molecular formula is C15H15N3O2S2. The van der Waals surface area contributed by atoms with E-state index in [4.69, 9.17) is 12.2 Å². The second-order valence-corrected chi connectivity index (χ2v) is 6.47. The first-order valence-corrected chi connectivity index (χ1v) is 8.29. The lowest BCUT2D eigenvalue weighted by Crippen LogP contribution is -2.33. The number of anilines is 1. The van der Waals surface area contributed by atoms with E-state index in [1.54, 1.807) is 23.5 Å². The molecule has 3 rings (SSSR count). The number of thiocarbonyl (C=S) groups is 1. The van der Waals surface area contributed by atoms with Gasteiger partial charge in [0.1, 0.15) is 0 Å². The maximum absolute atomic E-state index is 10.7. The third-order valence-corrected chi connectivity index (χ3v) is 5.02. The first kappa shape index (κ1) is 14.9. The van der Waals surface area contributed by atoms with Crippen LogP contribution in [-0.4, -0.2) is 21.5 Å². The molecule has 1 fully saturated rings. The number of non-ortho nitro benzene ring substituents is 1. The molecule has 1 aliphatic heterocycles. The van der Waals surface area contributed by atoms with Crippen molar-refractivity contribution in [2.24, 2.45) is 0 Å². The molecule has 1 atom stereocenters. The smallest absolute Gasteiger partial charge is 0.269 e. The third kappa shape index (κ3) is 3.10. The lowest BCUT2D eigenvalue weighted by Gasteiger charge is -2.27. The zero-order chi connectivity index (χ0) is 15.5. The van der Waals surface area contributed by atoms with Gasteiger partial charge in [0.2, 0.25) is 0 Å². The largest absolute Gasteiger partial charge is 0.341 e. The standard InChI is InChI=1S/C15H15N3O2S2/c19-18(20)12-7-5-11(6-8-12)16-15(21)17-9-1-3-13(17)14-4-2-10-22-14/h2,4-8,10,13H,1,3,9H2,(H,16,21)/t13-/m1/s1. The molecule has 1 saturated heterocycles. The van der Waals surface area contributed by atoms with Crippen molar-refractivity contribution in [3.8, 4) is 0 Å². The van der Waals surface area contributed by atoms with Gasteiger partial charge in [-0.15, -0.1) is 11.3 Å². The second-order valence-electron chi connectivity index (χ2n) is 5.10. The van der Waals surface area contributed by atoms with Gasteiger partial charge in [-0.1, -0.05) is 6.07 Å². The summed E-state index contributed by atoms with van der Waals surface area (Å²) in [5.74, 6) is 0. The maximum atomic E-state index is 10.7. The Morgan fingerprint density at radius 3 is 2.77 bits per heavy atom. The van der Waals surface area contributed by atoms with Gasteiger partial charge in [0, 0.05) is 29.2 Å². The molecule has 7 heteroatoms. The summed E-state index contributed by atoms with van der Waals surface area (Å²) < 4.78 is 0. The van der Waals surface area contributed by atoms with E-state index in [1.807, 2.05) is 0 Å². The number of nitrogens with one attached hydrogen (secondary N) is 1. The normalized spacial score (nSPS) is 17.5. The highest BCUT2D eigenvalue weighted by atomic mass is 32.1. The average molecular weight is 333 g/mol. The van der Waals surface area contributed by atoms with E-state index in [9.17, 15) is 10.1 Å². The lowest BCUT2D eigenvalue weighted by atomic mass is 10.2. The summed E-state index contributed by atoms with van der Waals surface area (Å²) in [5, 5.41) is 16.6. The lowest BCUT2D eigenvalue weighted by molar-refractivity contribution is -0.384. The minimum absolute atomic E-state index is 0.0779. The minimum atomic E-state index is -0.407. The Bertz CT molecular complexity index is 671. The van der Waals surface area contributed by atoms with Crippen molar-refractivity contribution in [1.82, 2.24) is 4.90 Å². The van der Waals surface area contributed by atoms with Crippen LogP contribution in [0.1, 0.15) is 23.8 Å². The number of hydrogen-bond donors (Lipinski definition) is 1. The second kappa shape index (κ2) is 6.41. The van der Waals surface area contributed by atoms with Crippen molar-refractivity contribution in [2.75, 3.05) is 11.9 Å². The molecule has 0 bridgehead atoms. The summed E-state index contributed by atoms with van der Waals surface area (Å²) in [5.41, 5.74) is 0.849. The predicted molar refractivity (Wildman–Crippen MR) is 92.3 cm³/mol. The molecule has 2 heterocycles. The Kier molecular flexibility index (Phi) is 4.35. The van der Waals surface area contributed by atoms with E-state index in [1.165, 1.54) is 17.0 Å². The van der Waals surface area contributed by atoms with Crippen LogP contribution >= 0.6 is 23.6 Å². The number of thiophene rings is 1. The molecule has 0 saturated carbocycles. The molecule has 1 aromatic carbocycles. The number of hydrogen-bond acceptors (Lipinski definition) is 4. The Labute approximate surface area is 137 Å². The predicted octanol–water partition coefficient (Wildman–Crippen LogP) is 4.19. The molecule has 0 unspecified atom stereocenters. The van der Waals surface area contributed by atoms with Crippen LogP contribution in [0.25, 0.3) is 0 Å². The van der Waals surface area contributed by atoms with E-state index in [-0.39, 0.29) is 5.69 Å². The van der Waals surface area contributed by atoms with Crippen LogP contribution in [0.15, 0.2) is 41.8 Å². The number of likely N-dealkylation sites (tertiary alicyclic amines) is 1. The monoisotopic (exact) mass is 333 g/mol. The quantitative estimate of drug-likeness (QED) is 0.518. The molecule has 0 radical (unpaired) electrons. The number of nitro groups is 1. The SMILES string of the molecule is O=[N+]([O-])c1ccc(NC(=S)N2CCC[C@@H]2c2cccs2)cc1. The summed E-state index contributed by atoms with van der Waals surface area (Å²) in [4.78, 5) is 13.8. The Balaban J connectivity index is 1.69. The number of nitro benzene ring substituents is 1. The van der Waals surface area contributed by atoms with Crippen molar-refractivity contribution in [1.29, 1.82) is 0 Å². The summed E-state index contributed by atoms with van der Waals surface area (Å²) in [6, 6.07) is 10.8. The van der Waals surface area contributed by atoms with Gasteiger partial charge in [-0.2, -0.15) is 0 Å². The molecule has 0 aliphatic carbocycles. The Hall–Kier alpha value is -1.99. The van der Waals surface area contributed by atoms with Gasteiger partial charge in [-0.25, -0.2) is 0 Å². The topological polar surface area (TPSA) is 58.4 Å². The zero-order valence-corrected chi connectivity index (χ0v) is 13.4. The van der Waals surface area contributed by atoms with Gasteiger partial charge >= 0.3 is 0 Å². The molecule has 0 amide bonds. The molecule has 2 aromatic rings. The first-order chi connectivity index (χ1) is 10.6. The van der Waals surface area contributed by atoms with E-state index in [2.05, 4.69) is 27.7 Å². The van der Waals surface area contributed by atoms with E-state index in [0.717, 1.165) is 25.1 Å². The molecule has 0 spiro atoms. The fourth-order valence-corrected chi connectivity index (χ4v) is 3.86. The van der Waals surface area contributed by atoms with Crippen molar-refractivity contribution in [3.63, 3.8) is 0 Å². The summed E-state index contributed by atoms with van der Waals surface area (Å²) in [7, 11) is 0. The first-order valence-electron chi connectivity index (χ1n) is 7.00. The van der Waals surface area contributed by atoms with Crippen molar-refractivity contribution < 1.29 is 4.92 Å². The van der Waals surface area contributed by atoms with Crippen molar-refractivity contribution in [3.05, 3.63) is 56.8 Å². The molecule has 1 aliphatic rings. The van der Waals surface area contributed by atoms with Crippen LogP contribution in [0.5, 0.6) is 0 Å². The molecule has 1 N–H and O–H groups in total. The van der Waals surface area contributed by atoms with Gasteiger partial charge in [-0.05, 0) is 48.6 Å². The fourth-order valence-electron chi connectivity index (χ4n) is 2.65. The van der Waals surface area contributed by atoms with Gasteiger partial charge in [-0.3, -0.25) is 10.1 Å². The zero-order valence-electron chi connectivity index (χ0n) is 11.8. The van der Waals surface area contributed by atoms with Crippen LogP contribution in [0, 0.1) is 10.1 Å². The minimum Gasteiger partial charge on any atom is -0.341 e. The average Bonchev–Trinajstić information content (AvgIpc) is 3.18. The van der Waals surface area contributed by atoms with Gasteiger partial charge in [0.05, 0.1) is 11.0 Å². The summed E-state index contributed by atoms with van der Waals surface area (Å²) >= 11 is 7.27. The van der Waals surface area contributed by atoms with Gasteiger partial charge in [0.25, 0.3) is 5.69 Å². The maximum Gasteiger partial charge on any atom is 0.269 e. The summed E-state index contributed by atoms with van der Waals surface area (Å²) in [6.07, 6.45) is 2.22. The van der Waals surface area contributed by atoms with E-state index < -0.39 is 4.92 Å². The summed E-state index contributed by atoms with van der Waals surface area (Å²) in [6.45, 7) is 0.932. The number of benzene rings is 1. The third-order valence-electron chi connectivity index (χ3n) is 3.71. The van der Waals surface area contributed by atoms with E-state index >= 15 is 0 Å². The molecule has 5 nitrogen and oxygen atoms in total. The van der Waals surface area contributed by atoms with Crippen LogP contribution in [-0.2, 0) is 0 Å². The number of rotatable bonds is 3. The van der Waals surface area contributed by atoms with Crippen LogP contribution in [0.4, 0.5) is 11.4 Å². The van der Waals surface area contributed by atoms with Crippen molar-refractivity contribution in [2.45, 2.75) is 18.9 Å². The highest BCUT2D eigenvalue weighted by Gasteiger charge is 2.28. The highest BCUT2D eigenvalue weighted by Crippen LogP contribution is 2.34. The van der Waals surface area contributed by atoms with Crippen LogP contribution in [0.2, 0.25) is 0 Å². The number of nitrogens with zero attached hydrogens (tertiary/aromatic N) is 2. The molecule has 114 valence electrons. The van der Waals surface area contributed by atoms with Crippen molar-refractivity contribution >= 4 is 40.0 Å². The van der Waals surface area contributed by atoms with Crippen LogP contribution in [0.3, 0.4) is 0 Å². The van der Waals surface area contributed by atoms with Crippen LogP contribution < -0.4 is 5.32 Å². The van der Waals surface area contributed by atoms with Gasteiger partial charge in [0.15, 0.2) is 5.11 Å². The highest BCUT2D eigenvalue weighted by molar-refractivity contribution is 7.80. The molecular weight excluding hydrogens is 318 g/mol. The van der Waals surface area contributed by atoms with E-state index in [0.29, 0.717) is 11.2 Å². The Morgan fingerprint density at radius 2 is 2.14 bits per heavy atom. The molecule has 1 aromatic heterocycles. The van der Waals surface area contributed by atoms with Gasteiger partial charge < -0.3 is 10.2 Å².